The monoisotopic (exact) mass is 359 g/mol. The quantitative estimate of drug-likeness (QED) is 0.828. The van der Waals surface area contributed by atoms with Crippen LogP contribution in [0.4, 0.5) is 10.1 Å². The largest absolute Gasteiger partial charge is 0.311 e. The molecule has 0 spiro atoms. The number of carbonyl (C=O) groups is 2. The van der Waals surface area contributed by atoms with Gasteiger partial charge in [0.15, 0.2) is 5.12 Å². The summed E-state index contributed by atoms with van der Waals surface area (Å²) in [5.74, 6) is 0.505. The van der Waals surface area contributed by atoms with Crippen LogP contribution < -0.4 is 4.90 Å². The van der Waals surface area contributed by atoms with Gasteiger partial charge in [-0.2, -0.15) is 0 Å². The second kappa shape index (κ2) is 6.26. The van der Waals surface area contributed by atoms with Gasteiger partial charge in [0.2, 0.25) is 5.91 Å². The highest BCUT2D eigenvalue weighted by Crippen LogP contribution is 2.35. The van der Waals surface area contributed by atoms with E-state index in [9.17, 15) is 14.0 Å². The number of anilines is 1. The minimum Gasteiger partial charge on any atom is -0.311 e. The van der Waals surface area contributed by atoms with Gasteiger partial charge >= 0.3 is 0 Å². The van der Waals surface area contributed by atoms with E-state index >= 15 is 0 Å². The summed E-state index contributed by atoms with van der Waals surface area (Å²) < 4.78 is 13.9. The van der Waals surface area contributed by atoms with E-state index in [1.165, 1.54) is 30.8 Å². The first-order chi connectivity index (χ1) is 9.38. The lowest BCUT2D eigenvalue weighted by Gasteiger charge is -2.21. The number of carbonyl (C=O) groups excluding carboxylic acids is 2. The topological polar surface area (TPSA) is 37.4 Å². The zero-order valence-corrected chi connectivity index (χ0v) is 13.7. The molecule has 0 aliphatic carbocycles. The van der Waals surface area contributed by atoms with Gasteiger partial charge in [0.25, 0.3) is 0 Å². The molecule has 1 aromatic carbocycles. The zero-order chi connectivity index (χ0) is 14.9. The fraction of sp³-hybridized carbons (Fsp3) is 0.429. The van der Waals surface area contributed by atoms with Gasteiger partial charge < -0.3 is 4.90 Å². The van der Waals surface area contributed by atoms with Gasteiger partial charge in [0.05, 0.1) is 5.69 Å². The molecular weight excluding hydrogens is 345 g/mol. The molecule has 1 fully saturated rings. The molecular formula is C14H15BrFNO2S. The SMILES string of the molecule is CC(=O)SCC1CC(=O)N(c2c(C)cc(F)cc2Br)C1. The van der Waals surface area contributed by atoms with Crippen LogP contribution in [-0.4, -0.2) is 23.3 Å². The van der Waals surface area contributed by atoms with Gasteiger partial charge in [-0.1, -0.05) is 11.8 Å². The van der Waals surface area contributed by atoms with E-state index in [2.05, 4.69) is 15.9 Å². The molecule has 0 saturated carbocycles. The Morgan fingerprint density at radius 2 is 2.25 bits per heavy atom. The fourth-order valence-corrected chi connectivity index (χ4v) is 3.82. The lowest BCUT2D eigenvalue weighted by atomic mass is 10.1. The Morgan fingerprint density at radius 1 is 1.55 bits per heavy atom. The number of amides is 1. The molecule has 0 radical (unpaired) electrons. The first-order valence-corrected chi connectivity index (χ1v) is 8.05. The highest BCUT2D eigenvalue weighted by Gasteiger charge is 2.32. The molecule has 1 unspecified atom stereocenters. The zero-order valence-electron chi connectivity index (χ0n) is 11.3. The van der Waals surface area contributed by atoms with Crippen molar-refractivity contribution >= 4 is 44.4 Å². The van der Waals surface area contributed by atoms with Crippen LogP contribution in [0.25, 0.3) is 0 Å². The van der Waals surface area contributed by atoms with Crippen molar-refractivity contribution in [1.82, 2.24) is 0 Å². The van der Waals surface area contributed by atoms with Crippen LogP contribution in [0.3, 0.4) is 0 Å². The third-order valence-corrected chi connectivity index (χ3v) is 4.87. The highest BCUT2D eigenvalue weighted by atomic mass is 79.9. The Hall–Kier alpha value is -0.880. The van der Waals surface area contributed by atoms with Crippen molar-refractivity contribution in [3.63, 3.8) is 0 Å². The molecule has 0 N–H and O–H groups in total. The van der Waals surface area contributed by atoms with Crippen LogP contribution in [0, 0.1) is 18.7 Å². The van der Waals surface area contributed by atoms with Crippen LogP contribution in [0.1, 0.15) is 18.9 Å². The van der Waals surface area contributed by atoms with Crippen LogP contribution >= 0.6 is 27.7 Å². The molecule has 1 heterocycles. The third-order valence-electron chi connectivity index (χ3n) is 3.22. The van der Waals surface area contributed by atoms with Crippen LogP contribution in [0.2, 0.25) is 0 Å². The summed E-state index contributed by atoms with van der Waals surface area (Å²) in [4.78, 5) is 24.8. The van der Waals surface area contributed by atoms with Gasteiger partial charge in [0.1, 0.15) is 5.82 Å². The normalized spacial score (nSPS) is 18.7. The minimum absolute atomic E-state index is 0.0227. The van der Waals surface area contributed by atoms with Gasteiger partial charge in [-0.05, 0) is 46.5 Å². The molecule has 1 amide bonds. The average molecular weight is 360 g/mol. The molecule has 2 rings (SSSR count). The molecule has 0 bridgehead atoms. The number of thioether (sulfide) groups is 1. The van der Waals surface area contributed by atoms with Crippen LogP contribution in [-0.2, 0) is 9.59 Å². The predicted octanol–water partition coefficient (Wildman–Crippen LogP) is 3.53. The maximum absolute atomic E-state index is 13.3. The number of aryl methyl sites for hydroxylation is 1. The van der Waals surface area contributed by atoms with E-state index in [4.69, 9.17) is 0 Å². The first-order valence-electron chi connectivity index (χ1n) is 6.28. The van der Waals surface area contributed by atoms with E-state index in [0.29, 0.717) is 23.2 Å². The fourth-order valence-electron chi connectivity index (χ4n) is 2.38. The average Bonchev–Trinajstić information content (AvgIpc) is 2.67. The van der Waals surface area contributed by atoms with Crippen LogP contribution in [0.5, 0.6) is 0 Å². The number of halogens is 2. The summed E-state index contributed by atoms with van der Waals surface area (Å²) in [5.41, 5.74) is 1.46. The van der Waals surface area contributed by atoms with E-state index < -0.39 is 0 Å². The molecule has 1 aromatic rings. The Labute approximate surface area is 130 Å². The minimum atomic E-state index is -0.326. The molecule has 20 heavy (non-hydrogen) atoms. The summed E-state index contributed by atoms with van der Waals surface area (Å²) >= 11 is 4.57. The van der Waals surface area contributed by atoms with Crippen molar-refractivity contribution in [2.45, 2.75) is 20.3 Å². The van der Waals surface area contributed by atoms with Crippen molar-refractivity contribution < 1.29 is 14.0 Å². The number of hydrogen-bond donors (Lipinski definition) is 0. The van der Waals surface area contributed by atoms with E-state index in [1.807, 2.05) is 0 Å². The lowest BCUT2D eigenvalue weighted by Crippen LogP contribution is -2.26. The summed E-state index contributed by atoms with van der Waals surface area (Å²) in [5, 5.41) is 0.0649. The van der Waals surface area contributed by atoms with E-state index in [-0.39, 0.29) is 22.8 Å². The summed E-state index contributed by atoms with van der Waals surface area (Å²) in [7, 11) is 0. The Bertz CT molecular complexity index is 541. The maximum atomic E-state index is 13.3. The summed E-state index contributed by atoms with van der Waals surface area (Å²) in [6.45, 7) is 3.89. The number of hydrogen-bond acceptors (Lipinski definition) is 3. The number of benzene rings is 1. The Balaban J connectivity index is 2.18. The second-order valence-electron chi connectivity index (χ2n) is 4.93. The highest BCUT2D eigenvalue weighted by molar-refractivity contribution is 9.10. The third kappa shape index (κ3) is 3.41. The molecule has 0 aromatic heterocycles. The first kappa shape index (κ1) is 15.5. The van der Waals surface area contributed by atoms with Crippen molar-refractivity contribution in [2.24, 2.45) is 5.92 Å². The van der Waals surface area contributed by atoms with Crippen molar-refractivity contribution in [3.05, 3.63) is 28.0 Å². The number of nitrogens with zero attached hydrogens (tertiary/aromatic N) is 1. The van der Waals surface area contributed by atoms with Gasteiger partial charge in [-0.25, -0.2) is 4.39 Å². The van der Waals surface area contributed by atoms with Gasteiger partial charge in [-0.15, -0.1) is 0 Å². The smallest absolute Gasteiger partial charge is 0.227 e. The van der Waals surface area contributed by atoms with Crippen molar-refractivity contribution in [3.8, 4) is 0 Å². The van der Waals surface area contributed by atoms with E-state index in [1.54, 1.807) is 11.8 Å². The summed E-state index contributed by atoms with van der Waals surface area (Å²) in [6.07, 6.45) is 0.434. The molecule has 1 aliphatic heterocycles. The van der Waals surface area contributed by atoms with Crippen molar-refractivity contribution in [2.75, 3.05) is 17.2 Å². The maximum Gasteiger partial charge on any atom is 0.227 e. The van der Waals surface area contributed by atoms with Gasteiger partial charge in [-0.3, -0.25) is 9.59 Å². The second-order valence-corrected chi connectivity index (χ2v) is 6.98. The lowest BCUT2D eigenvalue weighted by molar-refractivity contribution is -0.117. The molecule has 6 heteroatoms. The molecule has 3 nitrogen and oxygen atoms in total. The summed E-state index contributed by atoms with van der Waals surface area (Å²) in [6, 6.07) is 2.79. The number of rotatable bonds is 3. The standard InChI is InChI=1S/C14H15BrFNO2S/c1-8-3-11(16)5-12(15)14(8)17-6-10(4-13(17)19)7-20-9(2)18/h3,5,10H,4,6-7H2,1-2H3. The van der Waals surface area contributed by atoms with Crippen LogP contribution in [0.15, 0.2) is 16.6 Å². The predicted molar refractivity (Wildman–Crippen MR) is 82.4 cm³/mol. The van der Waals surface area contributed by atoms with Gasteiger partial charge in [0, 0.05) is 30.1 Å². The Morgan fingerprint density at radius 3 is 2.85 bits per heavy atom. The molecule has 1 saturated heterocycles. The van der Waals surface area contributed by atoms with Crippen molar-refractivity contribution in [1.29, 1.82) is 0 Å². The Kier molecular flexibility index (Phi) is 4.86. The molecule has 1 aliphatic rings. The van der Waals surface area contributed by atoms with E-state index in [0.717, 1.165) is 11.3 Å². The molecule has 108 valence electrons. The molecule has 1 atom stereocenters.